The number of ether oxygens (including phenoxy) is 2. The fourth-order valence-electron chi connectivity index (χ4n) is 4.70. The largest absolute Gasteiger partial charge is 0.350 e. The number of fused-ring (bicyclic) bond motifs is 1. The highest BCUT2D eigenvalue weighted by molar-refractivity contribution is 6.01. The summed E-state index contributed by atoms with van der Waals surface area (Å²) in [7, 11) is 0. The molecule has 3 aromatic rings. The van der Waals surface area contributed by atoms with E-state index >= 15 is 0 Å². The van der Waals surface area contributed by atoms with Crippen LogP contribution in [0.25, 0.3) is 16.9 Å². The van der Waals surface area contributed by atoms with Gasteiger partial charge in [-0.25, -0.2) is 14.1 Å². The van der Waals surface area contributed by atoms with E-state index in [-0.39, 0.29) is 36.7 Å². The second-order valence-electron chi connectivity index (χ2n) is 8.20. The van der Waals surface area contributed by atoms with E-state index in [1.54, 1.807) is 23.0 Å². The number of pyridine rings is 1. The van der Waals surface area contributed by atoms with Gasteiger partial charge in [0.05, 0.1) is 66.1 Å². The molecule has 5 heterocycles. The Bertz CT molecular complexity index is 1320. The lowest BCUT2D eigenvalue weighted by molar-refractivity contribution is -0.137. The van der Waals surface area contributed by atoms with Crippen molar-refractivity contribution in [3.8, 4) is 23.0 Å². The standard InChI is InChI=1S/C23H19FN6O3.CH4/c24-15-3-1-2-14(11-25)20(15)16-10-18(21-17(27-16)12-26-22(21)31)30-6-4-19(28-30)29-7-5-23(13-29)32-8-9-33-23;/h1-4,6,10H,5,7-9,12-13H2,(H,26,31);1H4. The first-order valence-corrected chi connectivity index (χ1v) is 10.7. The molecule has 9 nitrogen and oxygen atoms in total. The molecule has 1 N–H and O–H groups in total. The summed E-state index contributed by atoms with van der Waals surface area (Å²) in [5.74, 6) is -0.671. The number of amides is 1. The summed E-state index contributed by atoms with van der Waals surface area (Å²) < 4.78 is 27.9. The van der Waals surface area contributed by atoms with Crippen molar-refractivity contribution in [1.82, 2.24) is 20.1 Å². The van der Waals surface area contributed by atoms with Crippen LogP contribution < -0.4 is 10.2 Å². The van der Waals surface area contributed by atoms with E-state index in [1.807, 2.05) is 12.1 Å². The van der Waals surface area contributed by atoms with E-state index in [2.05, 4.69) is 15.2 Å². The average Bonchev–Trinajstić information content (AvgIpc) is 3.62. The van der Waals surface area contributed by atoms with E-state index < -0.39 is 11.6 Å². The van der Waals surface area contributed by atoms with Crippen molar-refractivity contribution >= 4 is 11.7 Å². The van der Waals surface area contributed by atoms with Gasteiger partial charge in [0.1, 0.15) is 5.82 Å². The van der Waals surface area contributed by atoms with Crippen LogP contribution >= 0.6 is 0 Å². The monoisotopic (exact) mass is 462 g/mol. The molecule has 1 spiro atoms. The van der Waals surface area contributed by atoms with Gasteiger partial charge in [0.15, 0.2) is 11.6 Å². The second kappa shape index (κ2) is 8.20. The number of carbonyl (C=O) groups is 1. The number of carbonyl (C=O) groups excluding carboxylic acids is 1. The van der Waals surface area contributed by atoms with E-state index in [9.17, 15) is 14.4 Å². The van der Waals surface area contributed by atoms with Crippen LogP contribution in [0.1, 0.15) is 35.5 Å². The first kappa shape index (κ1) is 22.0. The Morgan fingerprint density at radius 3 is 2.82 bits per heavy atom. The average molecular weight is 462 g/mol. The Morgan fingerprint density at radius 1 is 1.21 bits per heavy atom. The summed E-state index contributed by atoms with van der Waals surface area (Å²) in [5.41, 5.74) is 1.91. The van der Waals surface area contributed by atoms with Gasteiger partial charge in [-0.3, -0.25) is 4.79 Å². The minimum atomic E-state index is -0.576. The Morgan fingerprint density at radius 2 is 2.03 bits per heavy atom. The van der Waals surface area contributed by atoms with Crippen molar-refractivity contribution < 1.29 is 18.7 Å². The van der Waals surface area contributed by atoms with E-state index in [4.69, 9.17) is 14.6 Å². The molecule has 0 saturated carbocycles. The zero-order chi connectivity index (χ0) is 22.6. The molecule has 0 atom stereocenters. The molecule has 174 valence electrons. The summed E-state index contributed by atoms with van der Waals surface area (Å²) in [6.07, 6.45) is 2.51. The van der Waals surface area contributed by atoms with Crippen LogP contribution in [0.3, 0.4) is 0 Å². The fraction of sp³-hybridized carbons (Fsp3) is 0.333. The van der Waals surface area contributed by atoms with Crippen molar-refractivity contribution in [3.63, 3.8) is 0 Å². The Kier molecular flexibility index (Phi) is 5.31. The number of hydrogen-bond donors (Lipinski definition) is 1. The maximum atomic E-state index is 14.7. The summed E-state index contributed by atoms with van der Waals surface area (Å²) in [5, 5.41) is 16.9. The fourth-order valence-corrected chi connectivity index (χ4v) is 4.70. The number of halogens is 1. The third-order valence-corrected chi connectivity index (χ3v) is 6.26. The van der Waals surface area contributed by atoms with Crippen molar-refractivity contribution in [2.24, 2.45) is 0 Å². The summed E-state index contributed by atoms with van der Waals surface area (Å²) in [6.45, 7) is 2.71. The lowest BCUT2D eigenvalue weighted by atomic mass is 10.0. The Hall–Kier alpha value is -3.81. The second-order valence-corrected chi connectivity index (χ2v) is 8.20. The quantitative estimate of drug-likeness (QED) is 0.638. The predicted molar refractivity (Wildman–Crippen MR) is 121 cm³/mol. The predicted octanol–water partition coefficient (Wildman–Crippen LogP) is 2.78. The van der Waals surface area contributed by atoms with Crippen molar-refractivity contribution in [1.29, 1.82) is 5.26 Å². The van der Waals surface area contributed by atoms with Crippen LogP contribution in [0, 0.1) is 17.1 Å². The van der Waals surface area contributed by atoms with Crippen molar-refractivity contribution in [3.05, 3.63) is 59.2 Å². The van der Waals surface area contributed by atoms with E-state index in [0.717, 1.165) is 18.8 Å². The van der Waals surface area contributed by atoms with Gasteiger partial charge in [0, 0.05) is 25.2 Å². The molecule has 2 saturated heterocycles. The Labute approximate surface area is 195 Å². The van der Waals surface area contributed by atoms with Crippen LogP contribution in [0.15, 0.2) is 36.5 Å². The van der Waals surface area contributed by atoms with Gasteiger partial charge < -0.3 is 19.7 Å². The lowest BCUT2D eigenvalue weighted by Gasteiger charge is -2.22. The van der Waals surface area contributed by atoms with Gasteiger partial charge in [0.2, 0.25) is 0 Å². The topological polar surface area (TPSA) is 105 Å². The molecular weight excluding hydrogens is 439 g/mol. The number of benzene rings is 1. The van der Waals surface area contributed by atoms with Gasteiger partial charge >= 0.3 is 0 Å². The third kappa shape index (κ3) is 3.41. The van der Waals surface area contributed by atoms with Crippen LogP contribution in [0.4, 0.5) is 10.2 Å². The zero-order valence-corrected chi connectivity index (χ0v) is 17.5. The van der Waals surface area contributed by atoms with Gasteiger partial charge in [-0.05, 0) is 18.2 Å². The van der Waals surface area contributed by atoms with Crippen LogP contribution in [0.2, 0.25) is 0 Å². The molecular formula is C24H23FN6O3. The lowest BCUT2D eigenvalue weighted by Crippen LogP contribution is -2.34. The molecule has 3 aliphatic rings. The van der Waals surface area contributed by atoms with Crippen LogP contribution in [-0.4, -0.2) is 52.8 Å². The minimum Gasteiger partial charge on any atom is -0.350 e. The number of aromatic nitrogens is 3. The SMILES string of the molecule is C.N#Cc1cccc(F)c1-c1cc(-n2ccc(N3CCC4(C3)OCCO4)n2)c2c(n1)CNC2=O. The zero-order valence-electron chi connectivity index (χ0n) is 17.5. The molecule has 6 rings (SSSR count). The molecule has 1 amide bonds. The molecule has 34 heavy (non-hydrogen) atoms. The molecule has 1 aromatic carbocycles. The molecule has 0 bridgehead atoms. The molecule has 2 fully saturated rings. The van der Waals surface area contributed by atoms with Gasteiger partial charge in [-0.1, -0.05) is 13.5 Å². The van der Waals surface area contributed by atoms with Crippen LogP contribution in [-0.2, 0) is 16.0 Å². The van der Waals surface area contributed by atoms with Gasteiger partial charge in [-0.15, -0.1) is 0 Å². The van der Waals surface area contributed by atoms with Gasteiger partial charge in [0.25, 0.3) is 5.91 Å². The third-order valence-electron chi connectivity index (χ3n) is 6.26. The van der Waals surface area contributed by atoms with Crippen LogP contribution in [0.5, 0.6) is 0 Å². The highest BCUT2D eigenvalue weighted by Crippen LogP contribution is 2.34. The highest BCUT2D eigenvalue weighted by atomic mass is 19.1. The summed E-state index contributed by atoms with van der Waals surface area (Å²) in [4.78, 5) is 19.1. The van der Waals surface area contributed by atoms with Gasteiger partial charge in [-0.2, -0.15) is 10.4 Å². The molecule has 0 unspecified atom stereocenters. The number of nitrogens with one attached hydrogen (secondary N) is 1. The summed E-state index contributed by atoms with van der Waals surface area (Å²) >= 11 is 0. The molecule has 0 radical (unpaired) electrons. The normalized spacial score (nSPS) is 18.0. The van der Waals surface area contributed by atoms with Crippen molar-refractivity contribution in [2.45, 2.75) is 26.2 Å². The molecule has 2 aromatic heterocycles. The first-order chi connectivity index (χ1) is 16.1. The molecule has 0 aliphatic carbocycles. The number of rotatable bonds is 3. The number of anilines is 1. The Balaban J connectivity index is 0.00000241. The van der Waals surface area contributed by atoms with E-state index in [1.165, 1.54) is 12.1 Å². The van der Waals surface area contributed by atoms with E-state index in [0.29, 0.717) is 36.7 Å². The maximum absolute atomic E-state index is 14.7. The van der Waals surface area contributed by atoms with Crippen molar-refractivity contribution in [2.75, 3.05) is 31.2 Å². The maximum Gasteiger partial charge on any atom is 0.255 e. The highest BCUT2D eigenvalue weighted by Gasteiger charge is 2.44. The summed E-state index contributed by atoms with van der Waals surface area (Å²) in [6, 6.07) is 9.80. The first-order valence-electron chi connectivity index (χ1n) is 10.7. The number of hydrogen-bond acceptors (Lipinski definition) is 7. The minimum absolute atomic E-state index is 0. The molecule has 10 heteroatoms. The molecule has 3 aliphatic heterocycles. The smallest absolute Gasteiger partial charge is 0.255 e. The number of nitrogens with zero attached hydrogens (tertiary/aromatic N) is 5. The number of nitriles is 1.